The number of rotatable bonds is 4. The third-order valence-corrected chi connectivity index (χ3v) is 3.69. The second-order valence-corrected chi connectivity index (χ2v) is 5.73. The third kappa shape index (κ3) is 3.90. The smallest absolute Gasteiger partial charge is 0.141 e. The molecule has 1 unspecified atom stereocenters. The lowest BCUT2D eigenvalue weighted by Gasteiger charge is -2.26. The van der Waals surface area contributed by atoms with Crippen LogP contribution in [-0.2, 0) is 16.1 Å². The fourth-order valence-corrected chi connectivity index (χ4v) is 2.46. The van der Waals surface area contributed by atoms with Gasteiger partial charge < -0.3 is 9.64 Å². The van der Waals surface area contributed by atoms with Crippen LogP contribution in [0.5, 0.6) is 0 Å². The molecular formula is C14H18BrNO2. The van der Waals surface area contributed by atoms with Crippen LogP contribution in [0.2, 0.25) is 0 Å². The summed E-state index contributed by atoms with van der Waals surface area (Å²) < 4.78 is 6.45. The van der Waals surface area contributed by atoms with Crippen LogP contribution in [0, 0.1) is 5.92 Å². The van der Waals surface area contributed by atoms with Gasteiger partial charge in [0.25, 0.3) is 0 Å². The van der Waals surface area contributed by atoms with Crippen LogP contribution in [0.3, 0.4) is 0 Å². The van der Waals surface area contributed by atoms with Gasteiger partial charge in [-0.15, -0.1) is 0 Å². The van der Waals surface area contributed by atoms with Gasteiger partial charge in [-0.3, -0.25) is 4.79 Å². The Labute approximate surface area is 116 Å². The molecule has 4 heteroatoms. The van der Waals surface area contributed by atoms with Crippen molar-refractivity contribution >= 4 is 21.7 Å². The number of halogens is 1. The normalized spacial score (nSPS) is 20.4. The second-order valence-electron chi connectivity index (χ2n) is 4.81. The highest BCUT2D eigenvalue weighted by molar-refractivity contribution is 9.10. The van der Waals surface area contributed by atoms with Crippen molar-refractivity contribution in [3.63, 3.8) is 0 Å². The minimum absolute atomic E-state index is 0.0409. The van der Waals surface area contributed by atoms with Gasteiger partial charge in [0.2, 0.25) is 0 Å². The molecule has 0 spiro atoms. The Morgan fingerprint density at radius 1 is 1.39 bits per heavy atom. The SMILES string of the molecule is CN(Cc1ccc(Br)cc1)CC1COCCC1=O. The lowest BCUT2D eigenvalue weighted by Crippen LogP contribution is -2.36. The van der Waals surface area contributed by atoms with Gasteiger partial charge in [-0.25, -0.2) is 0 Å². The summed E-state index contributed by atoms with van der Waals surface area (Å²) in [6, 6.07) is 8.27. The van der Waals surface area contributed by atoms with E-state index in [4.69, 9.17) is 4.74 Å². The molecule has 1 fully saturated rings. The van der Waals surface area contributed by atoms with Crippen molar-refractivity contribution in [1.29, 1.82) is 0 Å². The molecule has 98 valence electrons. The summed E-state index contributed by atoms with van der Waals surface area (Å²) in [6.07, 6.45) is 0.566. The molecule has 1 aliphatic heterocycles. The van der Waals surface area contributed by atoms with Gasteiger partial charge in [0.15, 0.2) is 0 Å². The average molecular weight is 312 g/mol. The molecule has 3 nitrogen and oxygen atoms in total. The number of carbonyl (C=O) groups excluding carboxylic acids is 1. The van der Waals surface area contributed by atoms with Gasteiger partial charge in [0.1, 0.15) is 5.78 Å². The molecule has 0 saturated carbocycles. The Hall–Kier alpha value is -0.710. The van der Waals surface area contributed by atoms with Gasteiger partial charge in [-0.2, -0.15) is 0 Å². The van der Waals surface area contributed by atoms with Crippen molar-refractivity contribution in [3.05, 3.63) is 34.3 Å². The zero-order valence-corrected chi connectivity index (χ0v) is 12.1. The van der Waals surface area contributed by atoms with E-state index in [1.807, 2.05) is 19.2 Å². The number of carbonyl (C=O) groups is 1. The van der Waals surface area contributed by atoms with Crippen molar-refractivity contribution in [2.75, 3.05) is 26.8 Å². The van der Waals surface area contributed by atoms with Crippen LogP contribution in [-0.4, -0.2) is 37.5 Å². The summed E-state index contributed by atoms with van der Waals surface area (Å²) >= 11 is 3.42. The summed E-state index contributed by atoms with van der Waals surface area (Å²) in [6.45, 7) is 2.79. The molecule has 18 heavy (non-hydrogen) atoms. The van der Waals surface area contributed by atoms with E-state index in [1.165, 1.54) is 5.56 Å². The number of ketones is 1. The highest BCUT2D eigenvalue weighted by Gasteiger charge is 2.23. The van der Waals surface area contributed by atoms with E-state index in [1.54, 1.807) is 0 Å². The molecule has 1 aromatic carbocycles. The first-order chi connectivity index (χ1) is 8.65. The molecular weight excluding hydrogens is 294 g/mol. The van der Waals surface area contributed by atoms with Crippen LogP contribution >= 0.6 is 15.9 Å². The fraction of sp³-hybridized carbons (Fsp3) is 0.500. The minimum atomic E-state index is 0.0409. The molecule has 0 bridgehead atoms. The van der Waals surface area contributed by atoms with E-state index in [0.29, 0.717) is 25.4 Å². The Morgan fingerprint density at radius 3 is 2.78 bits per heavy atom. The molecule has 2 rings (SSSR count). The largest absolute Gasteiger partial charge is 0.380 e. The topological polar surface area (TPSA) is 29.5 Å². The number of Topliss-reactive ketones (excluding diaryl/α,β-unsaturated/α-hetero) is 1. The van der Waals surface area contributed by atoms with E-state index in [2.05, 4.69) is 33.0 Å². The lowest BCUT2D eigenvalue weighted by molar-refractivity contribution is -0.131. The molecule has 0 aliphatic carbocycles. The summed E-state index contributed by atoms with van der Waals surface area (Å²) in [5.41, 5.74) is 1.25. The highest BCUT2D eigenvalue weighted by Crippen LogP contribution is 2.14. The van der Waals surface area contributed by atoms with Gasteiger partial charge in [0, 0.05) is 24.0 Å². The first kappa shape index (κ1) is 13.7. The molecule has 1 saturated heterocycles. The fourth-order valence-electron chi connectivity index (χ4n) is 2.19. The van der Waals surface area contributed by atoms with Gasteiger partial charge in [0.05, 0.1) is 19.1 Å². The van der Waals surface area contributed by atoms with Crippen molar-refractivity contribution in [1.82, 2.24) is 4.90 Å². The van der Waals surface area contributed by atoms with Crippen LogP contribution in [0.4, 0.5) is 0 Å². The second kappa shape index (κ2) is 6.45. The molecule has 1 atom stereocenters. The summed E-state index contributed by atoms with van der Waals surface area (Å²) in [5, 5.41) is 0. The van der Waals surface area contributed by atoms with E-state index in [9.17, 15) is 4.79 Å². The minimum Gasteiger partial charge on any atom is -0.380 e. The molecule has 1 heterocycles. The predicted octanol–water partition coefficient (Wildman–Crippen LogP) is 2.49. The molecule has 0 aromatic heterocycles. The number of hydrogen-bond donors (Lipinski definition) is 0. The van der Waals surface area contributed by atoms with Crippen molar-refractivity contribution < 1.29 is 9.53 Å². The van der Waals surface area contributed by atoms with Crippen molar-refractivity contribution in [2.24, 2.45) is 5.92 Å². The summed E-state index contributed by atoms with van der Waals surface area (Å²) in [5.74, 6) is 0.378. The van der Waals surface area contributed by atoms with Gasteiger partial charge >= 0.3 is 0 Å². The number of hydrogen-bond acceptors (Lipinski definition) is 3. The molecule has 1 aromatic rings. The molecule has 1 aliphatic rings. The number of benzene rings is 1. The maximum absolute atomic E-state index is 11.7. The monoisotopic (exact) mass is 311 g/mol. The maximum Gasteiger partial charge on any atom is 0.141 e. The van der Waals surface area contributed by atoms with Gasteiger partial charge in [-0.05, 0) is 24.7 Å². The zero-order valence-electron chi connectivity index (χ0n) is 10.6. The first-order valence-corrected chi connectivity index (χ1v) is 6.98. The zero-order chi connectivity index (χ0) is 13.0. The third-order valence-electron chi connectivity index (χ3n) is 3.16. The molecule has 0 N–H and O–H groups in total. The van der Waals surface area contributed by atoms with Crippen molar-refractivity contribution in [2.45, 2.75) is 13.0 Å². The number of ether oxygens (including phenoxy) is 1. The van der Waals surface area contributed by atoms with E-state index >= 15 is 0 Å². The van der Waals surface area contributed by atoms with Crippen LogP contribution < -0.4 is 0 Å². The Bertz CT molecular complexity index is 405. The quantitative estimate of drug-likeness (QED) is 0.855. The first-order valence-electron chi connectivity index (χ1n) is 6.18. The van der Waals surface area contributed by atoms with Gasteiger partial charge in [-0.1, -0.05) is 28.1 Å². The highest BCUT2D eigenvalue weighted by atomic mass is 79.9. The standard InChI is InChI=1S/C14H18BrNO2/c1-16(8-11-2-4-13(15)5-3-11)9-12-10-18-7-6-14(12)17/h2-5,12H,6-10H2,1H3. The number of nitrogens with zero attached hydrogens (tertiary/aromatic N) is 1. The van der Waals surface area contributed by atoms with E-state index < -0.39 is 0 Å². The molecule has 0 radical (unpaired) electrons. The summed E-state index contributed by atoms with van der Waals surface area (Å²) in [7, 11) is 2.05. The maximum atomic E-state index is 11.7. The van der Waals surface area contributed by atoms with Crippen LogP contribution in [0.1, 0.15) is 12.0 Å². The Kier molecular flexibility index (Phi) is 4.92. The lowest BCUT2D eigenvalue weighted by atomic mass is 10.00. The Balaban J connectivity index is 1.86. The average Bonchev–Trinajstić information content (AvgIpc) is 2.35. The van der Waals surface area contributed by atoms with Crippen LogP contribution in [0.15, 0.2) is 28.7 Å². The summed E-state index contributed by atoms with van der Waals surface area (Å²) in [4.78, 5) is 13.9. The van der Waals surface area contributed by atoms with Crippen LogP contribution in [0.25, 0.3) is 0 Å². The van der Waals surface area contributed by atoms with E-state index in [0.717, 1.165) is 17.6 Å². The van der Waals surface area contributed by atoms with E-state index in [-0.39, 0.29) is 5.92 Å². The predicted molar refractivity (Wildman–Crippen MR) is 74.4 cm³/mol. The Morgan fingerprint density at radius 2 is 2.11 bits per heavy atom. The van der Waals surface area contributed by atoms with Crippen molar-refractivity contribution in [3.8, 4) is 0 Å². The molecule has 0 amide bonds.